The Labute approximate surface area is 55.3 Å². The fourth-order valence-corrected chi connectivity index (χ4v) is 0.323. The third-order valence-electron chi connectivity index (χ3n) is 0.802. The third kappa shape index (κ3) is 5.07. The van der Waals surface area contributed by atoms with Crippen LogP contribution in [0.2, 0.25) is 0 Å². The van der Waals surface area contributed by atoms with Crippen LogP contribution in [0.3, 0.4) is 0 Å². The van der Waals surface area contributed by atoms with Gasteiger partial charge in [0.25, 0.3) is 0 Å². The van der Waals surface area contributed by atoms with E-state index in [4.69, 9.17) is 0 Å². The minimum absolute atomic E-state index is 0.309. The van der Waals surface area contributed by atoms with E-state index < -0.39 is 0 Å². The van der Waals surface area contributed by atoms with E-state index in [2.05, 4.69) is 5.32 Å². The van der Waals surface area contributed by atoms with Crippen molar-refractivity contribution in [3.63, 3.8) is 0 Å². The summed E-state index contributed by atoms with van der Waals surface area (Å²) in [5.74, 6) is -0.309. The van der Waals surface area contributed by atoms with Crippen LogP contribution in [0.1, 0.15) is 13.8 Å². The van der Waals surface area contributed by atoms with E-state index in [1.165, 1.54) is 6.08 Å². The van der Waals surface area contributed by atoms with Gasteiger partial charge in [0.2, 0.25) is 0 Å². The SMILES string of the molecule is CN/C(F)=C\C=C(C)C. The molecule has 9 heavy (non-hydrogen) atoms. The lowest BCUT2D eigenvalue weighted by Gasteiger charge is -1.89. The Kier molecular flexibility index (Phi) is 3.76. The maximum absolute atomic E-state index is 12.2. The van der Waals surface area contributed by atoms with Crippen molar-refractivity contribution >= 4 is 0 Å². The first-order valence-electron chi connectivity index (χ1n) is 2.85. The van der Waals surface area contributed by atoms with E-state index in [1.807, 2.05) is 13.8 Å². The maximum Gasteiger partial charge on any atom is 0.186 e. The zero-order chi connectivity index (χ0) is 7.28. The highest BCUT2D eigenvalue weighted by molar-refractivity contribution is 5.10. The molecule has 0 aliphatic carbocycles. The first kappa shape index (κ1) is 8.21. The smallest absolute Gasteiger partial charge is 0.186 e. The third-order valence-corrected chi connectivity index (χ3v) is 0.802. The van der Waals surface area contributed by atoms with Crippen molar-refractivity contribution in [2.75, 3.05) is 7.05 Å². The standard InChI is InChI=1S/C7H12FN/c1-6(2)4-5-7(8)9-3/h4-5,9H,1-3H3/b7-5-. The van der Waals surface area contributed by atoms with Gasteiger partial charge in [0.05, 0.1) is 0 Å². The zero-order valence-corrected chi connectivity index (χ0v) is 6.03. The molecule has 0 saturated carbocycles. The maximum atomic E-state index is 12.2. The fraction of sp³-hybridized carbons (Fsp3) is 0.429. The first-order valence-corrected chi connectivity index (χ1v) is 2.85. The van der Waals surface area contributed by atoms with Crippen LogP contribution in [-0.2, 0) is 0 Å². The summed E-state index contributed by atoms with van der Waals surface area (Å²) in [5, 5.41) is 2.37. The molecule has 0 radical (unpaired) electrons. The molecule has 0 amide bonds. The Hall–Kier alpha value is -0.790. The van der Waals surface area contributed by atoms with Crippen LogP contribution in [0, 0.1) is 0 Å². The number of halogens is 1. The van der Waals surface area contributed by atoms with E-state index in [0.717, 1.165) is 5.57 Å². The predicted octanol–water partition coefficient (Wildman–Crippen LogP) is 1.98. The quantitative estimate of drug-likeness (QED) is 0.444. The normalized spacial score (nSPS) is 10.9. The van der Waals surface area contributed by atoms with E-state index in [-0.39, 0.29) is 5.95 Å². The molecule has 0 saturated heterocycles. The van der Waals surface area contributed by atoms with Crippen molar-refractivity contribution < 1.29 is 4.39 Å². The molecule has 0 fully saturated rings. The van der Waals surface area contributed by atoms with Crippen LogP contribution in [0.15, 0.2) is 23.7 Å². The van der Waals surface area contributed by atoms with Crippen LogP contribution in [0.4, 0.5) is 4.39 Å². The molecule has 1 nitrogen and oxygen atoms in total. The molecule has 52 valence electrons. The molecule has 1 N–H and O–H groups in total. The summed E-state index contributed by atoms with van der Waals surface area (Å²) in [4.78, 5) is 0. The molecule has 0 aromatic carbocycles. The number of hydrogen-bond donors (Lipinski definition) is 1. The lowest BCUT2D eigenvalue weighted by molar-refractivity contribution is 0.574. The van der Waals surface area contributed by atoms with Gasteiger partial charge in [0.1, 0.15) is 0 Å². The average molecular weight is 129 g/mol. The van der Waals surface area contributed by atoms with Crippen LogP contribution in [0.5, 0.6) is 0 Å². The Balaban J connectivity index is 3.83. The summed E-state index contributed by atoms with van der Waals surface area (Å²) in [6.07, 6.45) is 3.11. The van der Waals surface area contributed by atoms with Gasteiger partial charge in [-0.2, -0.15) is 4.39 Å². The molecule has 0 heterocycles. The molecule has 0 unspecified atom stereocenters. The van der Waals surface area contributed by atoms with Gasteiger partial charge in [-0.1, -0.05) is 11.6 Å². The van der Waals surface area contributed by atoms with E-state index in [0.29, 0.717) is 0 Å². The van der Waals surface area contributed by atoms with Crippen molar-refractivity contribution in [2.24, 2.45) is 0 Å². The minimum atomic E-state index is -0.309. The predicted molar refractivity (Wildman–Crippen MR) is 37.7 cm³/mol. The number of rotatable bonds is 2. The second kappa shape index (κ2) is 4.13. The molecule has 0 spiro atoms. The monoisotopic (exact) mass is 129 g/mol. The molecule has 0 aromatic rings. The van der Waals surface area contributed by atoms with E-state index in [9.17, 15) is 4.39 Å². The van der Waals surface area contributed by atoms with Crippen LogP contribution < -0.4 is 5.32 Å². The minimum Gasteiger partial charge on any atom is -0.365 e. The molecular formula is C7H12FN. The largest absolute Gasteiger partial charge is 0.365 e. The lowest BCUT2D eigenvalue weighted by Crippen LogP contribution is -1.98. The second-order valence-electron chi connectivity index (χ2n) is 2.01. The molecule has 0 atom stereocenters. The van der Waals surface area contributed by atoms with Crippen molar-refractivity contribution in [3.8, 4) is 0 Å². The van der Waals surface area contributed by atoms with Gasteiger partial charge in [-0.05, 0) is 19.9 Å². The molecule has 0 aliphatic heterocycles. The highest BCUT2D eigenvalue weighted by Crippen LogP contribution is 1.93. The zero-order valence-electron chi connectivity index (χ0n) is 6.03. The summed E-state index contributed by atoms with van der Waals surface area (Å²) >= 11 is 0. The van der Waals surface area contributed by atoms with Gasteiger partial charge < -0.3 is 5.32 Å². The molecule has 2 heteroatoms. The van der Waals surface area contributed by atoms with Crippen molar-refractivity contribution in [2.45, 2.75) is 13.8 Å². The van der Waals surface area contributed by atoms with Gasteiger partial charge >= 0.3 is 0 Å². The van der Waals surface area contributed by atoms with Crippen molar-refractivity contribution in [1.29, 1.82) is 0 Å². The van der Waals surface area contributed by atoms with Gasteiger partial charge in [0.15, 0.2) is 5.95 Å². The molecule has 0 aliphatic rings. The van der Waals surface area contributed by atoms with Gasteiger partial charge in [-0.3, -0.25) is 0 Å². The molecule has 0 aromatic heterocycles. The van der Waals surface area contributed by atoms with Crippen LogP contribution >= 0.6 is 0 Å². The van der Waals surface area contributed by atoms with Gasteiger partial charge in [0, 0.05) is 7.05 Å². The summed E-state index contributed by atoms with van der Waals surface area (Å²) in [6, 6.07) is 0. The summed E-state index contributed by atoms with van der Waals surface area (Å²) in [6.45, 7) is 3.83. The molecule has 0 rings (SSSR count). The Morgan fingerprint density at radius 1 is 1.33 bits per heavy atom. The van der Waals surface area contributed by atoms with E-state index in [1.54, 1.807) is 13.1 Å². The van der Waals surface area contributed by atoms with Crippen molar-refractivity contribution in [3.05, 3.63) is 23.7 Å². The Morgan fingerprint density at radius 2 is 1.89 bits per heavy atom. The van der Waals surface area contributed by atoms with Gasteiger partial charge in [-0.25, -0.2) is 0 Å². The van der Waals surface area contributed by atoms with Gasteiger partial charge in [-0.15, -0.1) is 0 Å². The number of allylic oxidation sites excluding steroid dienone is 3. The lowest BCUT2D eigenvalue weighted by atomic mass is 10.3. The molecular weight excluding hydrogens is 117 g/mol. The fourth-order valence-electron chi connectivity index (χ4n) is 0.323. The Morgan fingerprint density at radius 3 is 2.22 bits per heavy atom. The summed E-state index contributed by atoms with van der Waals surface area (Å²) in [7, 11) is 1.55. The average Bonchev–Trinajstić information content (AvgIpc) is 1.83. The van der Waals surface area contributed by atoms with Crippen LogP contribution in [-0.4, -0.2) is 7.05 Å². The number of hydrogen-bond acceptors (Lipinski definition) is 1. The van der Waals surface area contributed by atoms with Crippen LogP contribution in [0.25, 0.3) is 0 Å². The second-order valence-corrected chi connectivity index (χ2v) is 2.01. The van der Waals surface area contributed by atoms with E-state index >= 15 is 0 Å². The number of nitrogens with one attached hydrogen (secondary N) is 1. The summed E-state index contributed by atoms with van der Waals surface area (Å²) < 4.78 is 12.2. The topological polar surface area (TPSA) is 12.0 Å². The summed E-state index contributed by atoms with van der Waals surface area (Å²) in [5.41, 5.74) is 1.08. The highest BCUT2D eigenvalue weighted by atomic mass is 19.1. The molecule has 0 bridgehead atoms. The van der Waals surface area contributed by atoms with Crippen molar-refractivity contribution in [1.82, 2.24) is 5.32 Å². The Bertz CT molecular complexity index is 132. The highest BCUT2D eigenvalue weighted by Gasteiger charge is 1.81. The first-order chi connectivity index (χ1) is 4.16.